The van der Waals surface area contributed by atoms with Crippen molar-refractivity contribution in [1.82, 2.24) is 5.32 Å². The molecule has 0 spiro atoms. The number of nitrogens with one attached hydrogen (secondary N) is 1. The van der Waals surface area contributed by atoms with Crippen molar-refractivity contribution in [2.75, 3.05) is 0 Å². The summed E-state index contributed by atoms with van der Waals surface area (Å²) in [6.45, 7) is 4.43. The zero-order valence-electron chi connectivity index (χ0n) is 10.7. The van der Waals surface area contributed by atoms with Gasteiger partial charge in [0.2, 0.25) is 0 Å². The van der Waals surface area contributed by atoms with Gasteiger partial charge in [-0.15, -0.1) is 11.3 Å². The van der Waals surface area contributed by atoms with Crippen LogP contribution in [0.25, 0.3) is 0 Å². The van der Waals surface area contributed by atoms with E-state index in [-0.39, 0.29) is 0 Å². The predicted octanol–water partition coefficient (Wildman–Crippen LogP) is 4.68. The molecule has 0 aliphatic carbocycles. The fraction of sp³-hybridized carbons (Fsp3) is 0.333. The Balaban J connectivity index is 1.88. The average Bonchev–Trinajstić information content (AvgIpc) is 2.85. The summed E-state index contributed by atoms with van der Waals surface area (Å²) in [5.41, 5.74) is 1.32. The molecule has 3 heteroatoms. The smallest absolute Gasteiger partial charge is 0.0406 e. The third kappa shape index (κ3) is 3.84. The van der Waals surface area contributed by atoms with Crippen LogP contribution in [0.4, 0.5) is 0 Å². The summed E-state index contributed by atoms with van der Waals surface area (Å²) in [6, 6.07) is 13.2. The van der Waals surface area contributed by atoms with Crippen LogP contribution in [-0.2, 0) is 6.42 Å². The monoisotopic (exact) mass is 279 g/mol. The maximum atomic E-state index is 5.89. The Kier molecular flexibility index (Phi) is 4.81. The fourth-order valence-corrected chi connectivity index (χ4v) is 2.95. The SMILES string of the molecule is CC(Cc1ccc(Cl)cc1)N[C@@H](C)c1cccs1. The van der Waals surface area contributed by atoms with E-state index in [0.29, 0.717) is 12.1 Å². The minimum absolute atomic E-state index is 0.410. The molecule has 1 unspecified atom stereocenters. The van der Waals surface area contributed by atoms with Gasteiger partial charge in [0.15, 0.2) is 0 Å². The first-order chi connectivity index (χ1) is 8.65. The van der Waals surface area contributed by atoms with Gasteiger partial charge in [-0.2, -0.15) is 0 Å². The van der Waals surface area contributed by atoms with Gasteiger partial charge in [-0.05, 0) is 49.4 Å². The molecule has 1 aromatic carbocycles. The normalized spacial score (nSPS) is 14.4. The first-order valence-corrected chi connectivity index (χ1v) is 7.45. The number of halogens is 1. The van der Waals surface area contributed by atoms with Gasteiger partial charge in [-0.3, -0.25) is 0 Å². The average molecular weight is 280 g/mol. The van der Waals surface area contributed by atoms with Crippen LogP contribution in [0.3, 0.4) is 0 Å². The van der Waals surface area contributed by atoms with E-state index in [1.165, 1.54) is 10.4 Å². The highest BCUT2D eigenvalue weighted by molar-refractivity contribution is 7.10. The quantitative estimate of drug-likeness (QED) is 0.838. The van der Waals surface area contributed by atoms with Crippen molar-refractivity contribution in [1.29, 1.82) is 0 Å². The van der Waals surface area contributed by atoms with Crippen molar-refractivity contribution in [2.45, 2.75) is 32.4 Å². The van der Waals surface area contributed by atoms with Gasteiger partial charge in [0.05, 0.1) is 0 Å². The van der Waals surface area contributed by atoms with Crippen LogP contribution in [0, 0.1) is 0 Å². The number of rotatable bonds is 5. The fourth-order valence-electron chi connectivity index (χ4n) is 2.08. The zero-order valence-corrected chi connectivity index (χ0v) is 12.3. The third-order valence-corrected chi connectivity index (χ3v) is 4.27. The molecule has 0 amide bonds. The van der Waals surface area contributed by atoms with Gasteiger partial charge < -0.3 is 5.32 Å². The zero-order chi connectivity index (χ0) is 13.0. The lowest BCUT2D eigenvalue weighted by Gasteiger charge is -2.19. The lowest BCUT2D eigenvalue weighted by molar-refractivity contribution is 0.482. The van der Waals surface area contributed by atoms with Crippen molar-refractivity contribution in [3.63, 3.8) is 0 Å². The first-order valence-electron chi connectivity index (χ1n) is 6.19. The van der Waals surface area contributed by atoms with Crippen molar-refractivity contribution in [3.05, 3.63) is 57.2 Å². The lowest BCUT2D eigenvalue weighted by Crippen LogP contribution is -2.30. The Morgan fingerprint density at radius 1 is 1.17 bits per heavy atom. The van der Waals surface area contributed by atoms with Crippen LogP contribution in [0.5, 0.6) is 0 Å². The van der Waals surface area contributed by atoms with Crippen molar-refractivity contribution in [3.8, 4) is 0 Å². The van der Waals surface area contributed by atoms with E-state index in [4.69, 9.17) is 11.6 Å². The van der Waals surface area contributed by atoms with Crippen LogP contribution in [0.2, 0.25) is 5.02 Å². The molecule has 1 aromatic heterocycles. The molecule has 0 saturated heterocycles. The summed E-state index contributed by atoms with van der Waals surface area (Å²) in [5.74, 6) is 0. The molecule has 0 aliphatic heterocycles. The van der Waals surface area contributed by atoms with E-state index in [1.807, 2.05) is 12.1 Å². The Morgan fingerprint density at radius 3 is 2.50 bits per heavy atom. The molecular formula is C15H18ClNS. The molecule has 2 aromatic rings. The van der Waals surface area contributed by atoms with Gasteiger partial charge in [0.1, 0.15) is 0 Å². The molecule has 18 heavy (non-hydrogen) atoms. The molecular weight excluding hydrogens is 262 g/mol. The third-order valence-electron chi connectivity index (χ3n) is 2.96. The highest BCUT2D eigenvalue weighted by atomic mass is 35.5. The van der Waals surface area contributed by atoms with Crippen LogP contribution >= 0.6 is 22.9 Å². The maximum absolute atomic E-state index is 5.89. The molecule has 1 heterocycles. The maximum Gasteiger partial charge on any atom is 0.0406 e. The van der Waals surface area contributed by atoms with Gasteiger partial charge in [0, 0.05) is 22.0 Å². The molecule has 1 nitrogen and oxygen atoms in total. The Morgan fingerprint density at radius 2 is 1.89 bits per heavy atom. The van der Waals surface area contributed by atoms with Gasteiger partial charge in [-0.25, -0.2) is 0 Å². The summed E-state index contributed by atoms with van der Waals surface area (Å²) in [4.78, 5) is 1.39. The summed E-state index contributed by atoms with van der Waals surface area (Å²) < 4.78 is 0. The Labute approximate surface area is 118 Å². The Hall–Kier alpha value is -0.830. The molecule has 0 fully saturated rings. The molecule has 96 valence electrons. The molecule has 2 atom stereocenters. The van der Waals surface area contributed by atoms with E-state index in [2.05, 4.69) is 48.8 Å². The van der Waals surface area contributed by atoms with E-state index in [0.717, 1.165) is 11.4 Å². The topological polar surface area (TPSA) is 12.0 Å². The van der Waals surface area contributed by atoms with E-state index in [9.17, 15) is 0 Å². The number of thiophene rings is 1. The van der Waals surface area contributed by atoms with Crippen molar-refractivity contribution < 1.29 is 0 Å². The minimum atomic E-state index is 0.410. The summed E-state index contributed by atoms with van der Waals surface area (Å²) in [7, 11) is 0. The molecule has 1 N–H and O–H groups in total. The largest absolute Gasteiger partial charge is 0.307 e. The number of hydrogen-bond acceptors (Lipinski definition) is 2. The standard InChI is InChI=1S/C15H18ClNS/c1-11(10-13-5-7-14(16)8-6-13)17-12(2)15-4-3-9-18-15/h3-9,11-12,17H,10H2,1-2H3/t11?,12-/m0/s1. The highest BCUT2D eigenvalue weighted by Gasteiger charge is 2.10. The van der Waals surface area contributed by atoms with Crippen molar-refractivity contribution in [2.24, 2.45) is 0 Å². The molecule has 0 aliphatic rings. The highest BCUT2D eigenvalue weighted by Crippen LogP contribution is 2.19. The molecule has 2 rings (SSSR count). The van der Waals surface area contributed by atoms with Gasteiger partial charge >= 0.3 is 0 Å². The molecule has 0 saturated carbocycles. The Bertz CT molecular complexity index is 464. The van der Waals surface area contributed by atoms with Crippen molar-refractivity contribution >= 4 is 22.9 Å². The second-order valence-electron chi connectivity index (χ2n) is 4.64. The van der Waals surface area contributed by atoms with Gasteiger partial charge in [0.25, 0.3) is 0 Å². The minimum Gasteiger partial charge on any atom is -0.307 e. The first kappa shape index (κ1) is 13.6. The second kappa shape index (κ2) is 6.37. The van der Waals surface area contributed by atoms with Crippen LogP contribution in [0.1, 0.15) is 30.3 Å². The van der Waals surface area contributed by atoms with Crippen LogP contribution < -0.4 is 5.32 Å². The second-order valence-corrected chi connectivity index (χ2v) is 6.05. The summed E-state index contributed by atoms with van der Waals surface area (Å²) in [5, 5.41) is 6.54. The van der Waals surface area contributed by atoms with Crippen LogP contribution in [-0.4, -0.2) is 6.04 Å². The number of benzene rings is 1. The molecule has 0 radical (unpaired) electrons. The predicted molar refractivity (Wildman–Crippen MR) is 80.5 cm³/mol. The lowest BCUT2D eigenvalue weighted by atomic mass is 10.1. The van der Waals surface area contributed by atoms with E-state index < -0.39 is 0 Å². The summed E-state index contributed by atoms with van der Waals surface area (Å²) in [6.07, 6.45) is 1.02. The van der Waals surface area contributed by atoms with E-state index in [1.54, 1.807) is 11.3 Å². The van der Waals surface area contributed by atoms with E-state index >= 15 is 0 Å². The number of hydrogen-bond donors (Lipinski definition) is 1. The van der Waals surface area contributed by atoms with Crippen LogP contribution in [0.15, 0.2) is 41.8 Å². The van der Waals surface area contributed by atoms with Gasteiger partial charge in [-0.1, -0.05) is 29.8 Å². The molecule has 0 bridgehead atoms. The summed E-state index contributed by atoms with van der Waals surface area (Å²) >= 11 is 7.69.